The van der Waals surface area contributed by atoms with Crippen LogP contribution in [0.5, 0.6) is 5.75 Å². The molecule has 0 heterocycles. The SMILES string of the molecule is CCCCCCCCCc1ccccc1OP([O-])(=S)Sc1ccccc1CCCCCCCCC.[Zn]. The Labute approximate surface area is 243 Å². The van der Waals surface area contributed by atoms with Gasteiger partial charge in [0.2, 0.25) is 0 Å². The Morgan fingerprint density at radius 1 is 0.667 bits per heavy atom. The smallest absolute Gasteiger partial charge is 0.126 e. The van der Waals surface area contributed by atoms with Crippen LogP contribution in [-0.2, 0) is 44.1 Å². The Kier molecular flexibility index (Phi) is 19.5. The van der Waals surface area contributed by atoms with E-state index in [1.165, 1.54) is 94.0 Å². The molecule has 0 aliphatic carbocycles. The molecular formula is C30H46O2PS2Zn-. The zero-order valence-electron chi connectivity index (χ0n) is 22.7. The van der Waals surface area contributed by atoms with Gasteiger partial charge in [-0.15, -0.1) is 0 Å². The summed E-state index contributed by atoms with van der Waals surface area (Å²) in [7, 11) is 0. The molecule has 2 rings (SSSR count). The summed E-state index contributed by atoms with van der Waals surface area (Å²) in [6, 6.07) is 16.2. The molecule has 0 aliphatic rings. The van der Waals surface area contributed by atoms with E-state index in [0.717, 1.165) is 36.1 Å². The number of hydrogen-bond acceptors (Lipinski definition) is 4. The Hall–Kier alpha value is -0.177. The maximum Gasteiger partial charge on any atom is 0.126 e. The molecule has 2 nitrogen and oxygen atoms in total. The van der Waals surface area contributed by atoms with Crippen LogP contribution in [0.15, 0.2) is 53.4 Å². The molecule has 2 aromatic rings. The fraction of sp³-hybridized carbons (Fsp3) is 0.600. The van der Waals surface area contributed by atoms with Crippen molar-refractivity contribution in [3.8, 4) is 5.75 Å². The van der Waals surface area contributed by atoms with Crippen molar-refractivity contribution in [3.63, 3.8) is 0 Å². The summed E-state index contributed by atoms with van der Waals surface area (Å²) in [6.45, 7) is 4.51. The monoisotopic (exact) mass is 597 g/mol. The number of rotatable bonds is 20. The second kappa shape index (κ2) is 20.7. The van der Waals surface area contributed by atoms with E-state index in [0.29, 0.717) is 5.75 Å². The number of hydrogen-bond donors (Lipinski definition) is 0. The second-order valence-electron chi connectivity index (χ2n) is 9.59. The molecule has 0 saturated heterocycles. The standard InChI is InChI=1S/C30H47O2PS2.Zn/c1-3-5-7-9-11-13-15-21-27-22-17-19-25-29(27)32-33(31,34)35-30-26-20-18-24-28(30)23-16-14-12-10-8-6-4-2;/h17-20,22,24-26H,3-16,21,23H2,1-2H3,(H,31,34);/p-1. The number of aryl methyl sites for hydroxylation is 2. The van der Waals surface area contributed by atoms with Gasteiger partial charge in [0.25, 0.3) is 0 Å². The predicted octanol–water partition coefficient (Wildman–Crippen LogP) is 10.0. The van der Waals surface area contributed by atoms with E-state index in [-0.39, 0.29) is 19.5 Å². The van der Waals surface area contributed by atoms with E-state index in [9.17, 15) is 4.89 Å². The third kappa shape index (κ3) is 14.7. The van der Waals surface area contributed by atoms with Crippen molar-refractivity contribution in [2.24, 2.45) is 0 Å². The summed E-state index contributed by atoms with van der Waals surface area (Å²) in [5.74, 6) is 0.689. The van der Waals surface area contributed by atoms with Crippen LogP contribution in [-0.4, -0.2) is 0 Å². The molecule has 0 fully saturated rings. The van der Waals surface area contributed by atoms with Crippen LogP contribution in [0.1, 0.15) is 115 Å². The van der Waals surface area contributed by atoms with Crippen molar-refractivity contribution in [1.29, 1.82) is 0 Å². The Morgan fingerprint density at radius 2 is 1.11 bits per heavy atom. The molecule has 0 amide bonds. The molecule has 0 aliphatic heterocycles. The van der Waals surface area contributed by atoms with Gasteiger partial charge in [-0.2, -0.15) is 0 Å². The molecule has 0 radical (unpaired) electrons. The van der Waals surface area contributed by atoms with Crippen LogP contribution in [0.3, 0.4) is 0 Å². The van der Waals surface area contributed by atoms with E-state index in [2.05, 4.69) is 32.0 Å². The molecule has 1 unspecified atom stereocenters. The van der Waals surface area contributed by atoms with Crippen molar-refractivity contribution in [2.75, 3.05) is 0 Å². The van der Waals surface area contributed by atoms with E-state index in [1.54, 1.807) is 0 Å². The number of benzene rings is 2. The number of para-hydroxylation sites is 1. The van der Waals surface area contributed by atoms with Crippen LogP contribution in [0, 0.1) is 0 Å². The third-order valence-corrected chi connectivity index (χ3v) is 10.1. The average Bonchev–Trinajstić information content (AvgIpc) is 2.84. The first kappa shape index (κ1) is 33.9. The van der Waals surface area contributed by atoms with Crippen LogP contribution in [0.25, 0.3) is 0 Å². The maximum absolute atomic E-state index is 13.4. The average molecular weight is 599 g/mol. The topological polar surface area (TPSA) is 32.3 Å². The van der Waals surface area contributed by atoms with Crippen LogP contribution >= 0.6 is 17.1 Å². The zero-order chi connectivity index (χ0) is 25.2. The minimum absolute atomic E-state index is 0. The minimum Gasteiger partial charge on any atom is -0.783 e. The van der Waals surface area contributed by atoms with Gasteiger partial charge in [0.1, 0.15) is 11.4 Å². The summed E-state index contributed by atoms with van der Waals surface area (Å²) in [5, 5.41) is 0. The van der Waals surface area contributed by atoms with Gasteiger partial charge in [-0.1, -0.05) is 150 Å². The first-order valence-electron chi connectivity index (χ1n) is 13.9. The molecule has 0 aromatic heterocycles. The van der Waals surface area contributed by atoms with E-state index in [4.69, 9.17) is 16.3 Å². The van der Waals surface area contributed by atoms with Gasteiger partial charge in [-0.3, -0.25) is 0 Å². The maximum atomic E-state index is 13.4. The fourth-order valence-corrected chi connectivity index (χ4v) is 8.10. The summed E-state index contributed by atoms with van der Waals surface area (Å²) in [6.07, 6.45) is 19.9. The molecule has 0 N–H and O–H groups in total. The first-order chi connectivity index (χ1) is 17.1. The molecule has 6 heteroatoms. The van der Waals surface area contributed by atoms with Crippen molar-refractivity contribution in [2.45, 2.75) is 121 Å². The normalized spacial score (nSPS) is 12.6. The van der Waals surface area contributed by atoms with Gasteiger partial charge in [0.15, 0.2) is 0 Å². The summed E-state index contributed by atoms with van der Waals surface area (Å²) < 4.78 is 6.02. The Balaban J connectivity index is 0.00000648. The predicted molar refractivity (Wildman–Crippen MR) is 157 cm³/mol. The van der Waals surface area contributed by atoms with Crippen LogP contribution in [0.2, 0.25) is 0 Å². The molecule has 2 aromatic carbocycles. The van der Waals surface area contributed by atoms with Gasteiger partial charge >= 0.3 is 0 Å². The van der Waals surface area contributed by atoms with Crippen molar-refractivity contribution in [3.05, 3.63) is 59.7 Å². The van der Waals surface area contributed by atoms with Crippen LogP contribution in [0.4, 0.5) is 0 Å². The van der Waals surface area contributed by atoms with Gasteiger partial charge in [-0.05, 0) is 48.9 Å². The Bertz CT molecular complexity index is 810. The molecule has 0 bridgehead atoms. The minimum atomic E-state index is -3.31. The van der Waals surface area contributed by atoms with E-state index in [1.807, 2.05) is 30.3 Å². The van der Waals surface area contributed by atoms with Gasteiger partial charge in [0, 0.05) is 24.4 Å². The van der Waals surface area contributed by atoms with Gasteiger partial charge in [-0.25, -0.2) is 0 Å². The molecule has 1 atom stereocenters. The summed E-state index contributed by atoms with van der Waals surface area (Å²) in [4.78, 5) is 14.4. The molecule has 0 spiro atoms. The quantitative estimate of drug-likeness (QED) is 0.0862. The molecule has 36 heavy (non-hydrogen) atoms. The Morgan fingerprint density at radius 3 is 1.69 bits per heavy atom. The largest absolute Gasteiger partial charge is 0.783 e. The third-order valence-electron chi connectivity index (χ3n) is 6.46. The van der Waals surface area contributed by atoms with Gasteiger partial charge in [0.05, 0.1) is 0 Å². The molecule has 0 saturated carbocycles. The first-order valence-corrected chi connectivity index (χ1v) is 18.0. The zero-order valence-corrected chi connectivity index (χ0v) is 28.2. The van der Waals surface area contributed by atoms with Crippen LogP contribution < -0.4 is 9.42 Å². The van der Waals surface area contributed by atoms with Crippen molar-refractivity contribution >= 4 is 28.9 Å². The van der Waals surface area contributed by atoms with E-state index >= 15 is 0 Å². The summed E-state index contributed by atoms with van der Waals surface area (Å²) in [5.41, 5.74) is -0.959. The van der Waals surface area contributed by atoms with Crippen molar-refractivity contribution in [1.82, 2.24) is 0 Å². The van der Waals surface area contributed by atoms with Gasteiger partial charge < -0.3 is 9.42 Å². The number of unbranched alkanes of at least 4 members (excludes halogenated alkanes) is 12. The summed E-state index contributed by atoms with van der Waals surface area (Å²) >= 11 is 6.75. The van der Waals surface area contributed by atoms with Crippen molar-refractivity contribution < 1.29 is 28.9 Å². The fourth-order valence-electron chi connectivity index (χ4n) is 4.40. The molecule has 198 valence electrons. The molecular weight excluding hydrogens is 553 g/mol. The second-order valence-corrected chi connectivity index (χ2v) is 15.4. The van der Waals surface area contributed by atoms with E-state index < -0.39 is 5.69 Å².